The second-order valence-electron chi connectivity index (χ2n) is 4.92. The van der Waals surface area contributed by atoms with Crippen LogP contribution >= 0.6 is 11.6 Å². The molecule has 2 aromatic heterocycles. The number of nitrogens with two attached hydrogens (primary N) is 1. The van der Waals surface area contributed by atoms with Crippen molar-refractivity contribution in [3.05, 3.63) is 33.9 Å². The van der Waals surface area contributed by atoms with E-state index in [1.165, 1.54) is 0 Å². The van der Waals surface area contributed by atoms with Gasteiger partial charge in [-0.05, 0) is 26.8 Å². The standard InChI is InChI=1S/C13H21ClN6/c1-5-20-11(6-8(2)17-20)10(16-15)7-12-13(14)9(3)18-19(12)4/h6,10,16H,5,7,15H2,1-4H3. The molecule has 20 heavy (non-hydrogen) atoms. The molecule has 0 saturated carbocycles. The molecule has 2 heterocycles. The highest BCUT2D eigenvalue weighted by atomic mass is 35.5. The fourth-order valence-electron chi connectivity index (χ4n) is 2.44. The fourth-order valence-corrected chi connectivity index (χ4v) is 2.68. The summed E-state index contributed by atoms with van der Waals surface area (Å²) >= 11 is 6.31. The van der Waals surface area contributed by atoms with Crippen molar-refractivity contribution < 1.29 is 0 Å². The molecule has 3 N–H and O–H groups in total. The Labute approximate surface area is 123 Å². The van der Waals surface area contributed by atoms with Gasteiger partial charge in [-0.2, -0.15) is 10.2 Å². The lowest BCUT2D eigenvalue weighted by Crippen LogP contribution is -2.32. The van der Waals surface area contributed by atoms with E-state index in [1.807, 2.05) is 36.3 Å². The van der Waals surface area contributed by atoms with Crippen LogP contribution < -0.4 is 11.3 Å². The van der Waals surface area contributed by atoms with Gasteiger partial charge in [0.2, 0.25) is 0 Å². The third kappa shape index (κ3) is 2.72. The normalized spacial score (nSPS) is 12.9. The van der Waals surface area contributed by atoms with Crippen LogP contribution in [0.5, 0.6) is 0 Å². The molecule has 0 aliphatic heterocycles. The first-order chi connectivity index (χ1) is 9.47. The summed E-state index contributed by atoms with van der Waals surface area (Å²) < 4.78 is 3.76. The molecule has 110 valence electrons. The van der Waals surface area contributed by atoms with Crippen molar-refractivity contribution in [2.24, 2.45) is 12.9 Å². The minimum atomic E-state index is -0.0524. The third-order valence-corrected chi connectivity index (χ3v) is 3.94. The van der Waals surface area contributed by atoms with Crippen molar-refractivity contribution in [2.45, 2.75) is 39.8 Å². The maximum Gasteiger partial charge on any atom is 0.0847 e. The van der Waals surface area contributed by atoms with Crippen LogP contribution in [0, 0.1) is 13.8 Å². The molecule has 0 saturated heterocycles. The van der Waals surface area contributed by atoms with E-state index in [-0.39, 0.29) is 6.04 Å². The van der Waals surface area contributed by atoms with Gasteiger partial charge in [-0.3, -0.25) is 20.6 Å². The van der Waals surface area contributed by atoms with E-state index < -0.39 is 0 Å². The minimum absolute atomic E-state index is 0.0524. The molecular formula is C13H21ClN6. The van der Waals surface area contributed by atoms with Crippen molar-refractivity contribution in [2.75, 3.05) is 0 Å². The number of nitrogens with zero attached hydrogens (tertiary/aromatic N) is 4. The summed E-state index contributed by atoms with van der Waals surface area (Å²) in [7, 11) is 1.89. The van der Waals surface area contributed by atoms with Crippen LogP contribution in [0.2, 0.25) is 5.02 Å². The highest BCUT2D eigenvalue weighted by Gasteiger charge is 2.20. The van der Waals surface area contributed by atoms with Gasteiger partial charge in [-0.15, -0.1) is 0 Å². The number of aryl methyl sites for hydroxylation is 4. The summed E-state index contributed by atoms with van der Waals surface area (Å²) in [6, 6.07) is 1.99. The quantitative estimate of drug-likeness (QED) is 0.650. The monoisotopic (exact) mass is 296 g/mol. The first-order valence-corrected chi connectivity index (χ1v) is 7.04. The second kappa shape index (κ2) is 5.95. The van der Waals surface area contributed by atoms with Crippen molar-refractivity contribution in [1.29, 1.82) is 0 Å². The number of rotatable bonds is 5. The fraction of sp³-hybridized carbons (Fsp3) is 0.538. The number of halogens is 1. The summed E-state index contributed by atoms with van der Waals surface area (Å²) in [6.07, 6.45) is 0.664. The van der Waals surface area contributed by atoms with Crippen LogP contribution in [0.1, 0.15) is 35.7 Å². The molecule has 0 amide bonds. The van der Waals surface area contributed by atoms with Crippen LogP contribution in [0.25, 0.3) is 0 Å². The van der Waals surface area contributed by atoms with Crippen LogP contribution in [-0.2, 0) is 20.0 Å². The zero-order chi connectivity index (χ0) is 14.9. The molecule has 7 heteroatoms. The average molecular weight is 297 g/mol. The van der Waals surface area contributed by atoms with Crippen LogP contribution in [0.15, 0.2) is 6.07 Å². The van der Waals surface area contributed by atoms with Gasteiger partial charge < -0.3 is 0 Å². The molecule has 2 aromatic rings. The Morgan fingerprint density at radius 1 is 1.40 bits per heavy atom. The topological polar surface area (TPSA) is 73.7 Å². The Balaban J connectivity index is 2.33. The van der Waals surface area contributed by atoms with E-state index in [4.69, 9.17) is 17.4 Å². The van der Waals surface area contributed by atoms with E-state index in [0.717, 1.165) is 29.3 Å². The zero-order valence-corrected chi connectivity index (χ0v) is 13.1. The SMILES string of the molecule is CCn1nc(C)cc1C(Cc1c(Cl)c(C)nn1C)NN. The van der Waals surface area contributed by atoms with Crippen molar-refractivity contribution in [1.82, 2.24) is 25.0 Å². The first-order valence-electron chi connectivity index (χ1n) is 6.66. The summed E-state index contributed by atoms with van der Waals surface area (Å²) in [4.78, 5) is 0. The lowest BCUT2D eigenvalue weighted by molar-refractivity contribution is 0.478. The molecule has 0 aromatic carbocycles. The predicted octanol–water partition coefficient (Wildman–Crippen LogP) is 1.65. The van der Waals surface area contributed by atoms with Crippen LogP contribution in [0.3, 0.4) is 0 Å². The molecule has 0 spiro atoms. The Morgan fingerprint density at radius 2 is 2.10 bits per heavy atom. The number of hydrogen-bond acceptors (Lipinski definition) is 4. The van der Waals surface area contributed by atoms with Crippen molar-refractivity contribution >= 4 is 11.6 Å². The summed E-state index contributed by atoms with van der Waals surface area (Å²) in [5.74, 6) is 5.73. The van der Waals surface area contributed by atoms with E-state index in [9.17, 15) is 0 Å². The van der Waals surface area contributed by atoms with Gasteiger partial charge in [0.15, 0.2) is 0 Å². The van der Waals surface area contributed by atoms with Crippen molar-refractivity contribution in [3.8, 4) is 0 Å². The highest BCUT2D eigenvalue weighted by molar-refractivity contribution is 6.31. The van der Waals surface area contributed by atoms with Gasteiger partial charge in [-0.25, -0.2) is 0 Å². The zero-order valence-electron chi connectivity index (χ0n) is 12.3. The molecule has 1 unspecified atom stereocenters. The largest absolute Gasteiger partial charge is 0.271 e. The molecule has 0 radical (unpaired) electrons. The van der Waals surface area contributed by atoms with Gasteiger partial charge >= 0.3 is 0 Å². The number of aromatic nitrogens is 4. The number of nitrogens with one attached hydrogen (secondary N) is 1. The first kappa shape index (κ1) is 15.0. The van der Waals surface area contributed by atoms with Crippen molar-refractivity contribution in [3.63, 3.8) is 0 Å². The Kier molecular flexibility index (Phi) is 4.47. The molecule has 1 atom stereocenters. The molecular weight excluding hydrogens is 276 g/mol. The van der Waals surface area contributed by atoms with E-state index >= 15 is 0 Å². The van der Waals surface area contributed by atoms with E-state index in [0.29, 0.717) is 11.4 Å². The van der Waals surface area contributed by atoms with Gasteiger partial charge in [0.25, 0.3) is 0 Å². The van der Waals surface area contributed by atoms with Crippen LogP contribution in [0.4, 0.5) is 0 Å². The molecule has 0 fully saturated rings. The van der Waals surface area contributed by atoms with Gasteiger partial charge in [0, 0.05) is 20.0 Å². The smallest absolute Gasteiger partial charge is 0.0847 e. The molecule has 0 aliphatic rings. The molecule has 0 aliphatic carbocycles. The minimum Gasteiger partial charge on any atom is -0.271 e. The summed E-state index contributed by atoms with van der Waals surface area (Å²) in [5, 5.41) is 9.49. The number of hydrogen-bond donors (Lipinski definition) is 2. The lowest BCUT2D eigenvalue weighted by atomic mass is 10.1. The Hall–Kier alpha value is -1.37. The van der Waals surface area contributed by atoms with E-state index in [2.05, 4.69) is 22.5 Å². The number of hydrazine groups is 1. The van der Waals surface area contributed by atoms with Gasteiger partial charge in [0.1, 0.15) is 0 Å². The predicted molar refractivity (Wildman–Crippen MR) is 79.4 cm³/mol. The lowest BCUT2D eigenvalue weighted by Gasteiger charge is -2.17. The van der Waals surface area contributed by atoms with Gasteiger partial charge in [-0.1, -0.05) is 11.6 Å². The van der Waals surface area contributed by atoms with Crippen LogP contribution in [-0.4, -0.2) is 19.6 Å². The molecule has 2 rings (SSSR count). The Bertz CT molecular complexity index is 600. The Morgan fingerprint density at radius 3 is 2.60 bits per heavy atom. The maximum absolute atomic E-state index is 6.31. The third-order valence-electron chi connectivity index (χ3n) is 3.45. The summed E-state index contributed by atoms with van der Waals surface area (Å²) in [5.41, 5.74) is 6.70. The molecule has 0 bridgehead atoms. The van der Waals surface area contributed by atoms with E-state index in [1.54, 1.807) is 0 Å². The second-order valence-corrected chi connectivity index (χ2v) is 5.30. The molecule has 6 nitrogen and oxygen atoms in total. The average Bonchev–Trinajstić information content (AvgIpc) is 2.89. The maximum atomic E-state index is 6.31. The van der Waals surface area contributed by atoms with Gasteiger partial charge in [0.05, 0.1) is 33.8 Å². The highest BCUT2D eigenvalue weighted by Crippen LogP contribution is 2.25. The summed E-state index contributed by atoms with van der Waals surface area (Å²) in [6.45, 7) is 6.74.